The van der Waals surface area contributed by atoms with Gasteiger partial charge in [-0.3, -0.25) is 0 Å². The first kappa shape index (κ1) is 12.3. The lowest BCUT2D eigenvalue weighted by atomic mass is 10.3. The molecule has 17 heavy (non-hydrogen) atoms. The molecule has 0 atom stereocenters. The molecule has 1 fully saturated rings. The molecule has 94 valence electrons. The second kappa shape index (κ2) is 5.93. The van der Waals surface area contributed by atoms with Crippen LogP contribution in [0.5, 0.6) is 5.88 Å². The maximum Gasteiger partial charge on any atom is 0.221 e. The van der Waals surface area contributed by atoms with Crippen LogP contribution in [0.1, 0.15) is 24.7 Å². The van der Waals surface area contributed by atoms with Crippen molar-refractivity contribution in [3.63, 3.8) is 0 Å². The third kappa shape index (κ3) is 3.38. The standard InChI is InChI=1S/C12H19N3O2/c1-3-4-13-5-10-6-14-9(2)15-12(10)17-11-7-16-8-11/h6,11,13H,3-5,7-8H2,1-2H3. The van der Waals surface area contributed by atoms with Crippen LogP contribution in [0.25, 0.3) is 0 Å². The van der Waals surface area contributed by atoms with Gasteiger partial charge >= 0.3 is 0 Å². The third-order valence-corrected chi connectivity index (χ3v) is 2.57. The van der Waals surface area contributed by atoms with Crippen LogP contribution in [0.15, 0.2) is 6.20 Å². The van der Waals surface area contributed by atoms with Crippen molar-refractivity contribution in [1.29, 1.82) is 0 Å². The fourth-order valence-electron chi connectivity index (χ4n) is 1.54. The van der Waals surface area contributed by atoms with Crippen LogP contribution in [0.3, 0.4) is 0 Å². The van der Waals surface area contributed by atoms with Crippen LogP contribution in [0.4, 0.5) is 0 Å². The van der Waals surface area contributed by atoms with Gasteiger partial charge < -0.3 is 14.8 Å². The number of aryl methyl sites for hydroxylation is 1. The molecule has 2 heterocycles. The normalized spacial score (nSPS) is 15.6. The summed E-state index contributed by atoms with van der Waals surface area (Å²) in [6.45, 7) is 7.06. The predicted octanol–water partition coefficient (Wildman–Crippen LogP) is 1.06. The largest absolute Gasteiger partial charge is 0.469 e. The van der Waals surface area contributed by atoms with Crippen molar-refractivity contribution >= 4 is 0 Å². The Hall–Kier alpha value is -1.20. The highest BCUT2D eigenvalue weighted by atomic mass is 16.6. The Morgan fingerprint density at radius 2 is 2.35 bits per heavy atom. The predicted molar refractivity (Wildman–Crippen MR) is 64.0 cm³/mol. The van der Waals surface area contributed by atoms with Gasteiger partial charge in [-0.25, -0.2) is 4.98 Å². The van der Waals surface area contributed by atoms with E-state index < -0.39 is 0 Å². The van der Waals surface area contributed by atoms with Gasteiger partial charge in [-0.15, -0.1) is 0 Å². The Kier molecular flexibility index (Phi) is 4.28. The number of ether oxygens (including phenoxy) is 2. The summed E-state index contributed by atoms with van der Waals surface area (Å²) in [4.78, 5) is 8.55. The van der Waals surface area contributed by atoms with Crippen LogP contribution < -0.4 is 10.1 Å². The van der Waals surface area contributed by atoms with E-state index in [2.05, 4.69) is 22.2 Å². The van der Waals surface area contributed by atoms with Gasteiger partial charge in [-0.2, -0.15) is 4.98 Å². The fourth-order valence-corrected chi connectivity index (χ4v) is 1.54. The lowest BCUT2D eigenvalue weighted by Crippen LogP contribution is -2.39. The maximum atomic E-state index is 5.78. The van der Waals surface area contributed by atoms with Crippen molar-refractivity contribution < 1.29 is 9.47 Å². The van der Waals surface area contributed by atoms with Crippen molar-refractivity contribution in [2.75, 3.05) is 19.8 Å². The molecule has 0 amide bonds. The van der Waals surface area contributed by atoms with Crippen molar-refractivity contribution in [2.45, 2.75) is 32.9 Å². The van der Waals surface area contributed by atoms with Gasteiger partial charge in [0, 0.05) is 18.3 Å². The molecule has 1 aromatic rings. The van der Waals surface area contributed by atoms with E-state index in [9.17, 15) is 0 Å². The summed E-state index contributed by atoms with van der Waals surface area (Å²) in [5, 5.41) is 3.33. The quantitative estimate of drug-likeness (QED) is 0.750. The Balaban J connectivity index is 2.01. The summed E-state index contributed by atoms with van der Waals surface area (Å²) in [7, 11) is 0. The van der Waals surface area contributed by atoms with Crippen LogP contribution in [0, 0.1) is 6.92 Å². The van der Waals surface area contributed by atoms with E-state index in [1.807, 2.05) is 13.1 Å². The van der Waals surface area contributed by atoms with Gasteiger partial charge in [0.05, 0.1) is 13.2 Å². The van der Waals surface area contributed by atoms with E-state index in [1.54, 1.807) is 0 Å². The Bertz CT molecular complexity index is 367. The molecule has 0 radical (unpaired) electrons. The van der Waals surface area contributed by atoms with E-state index >= 15 is 0 Å². The SMILES string of the molecule is CCCNCc1cnc(C)nc1OC1COC1. The first-order valence-electron chi connectivity index (χ1n) is 6.07. The van der Waals surface area contributed by atoms with Crippen LogP contribution >= 0.6 is 0 Å². The van der Waals surface area contributed by atoms with Crippen LogP contribution in [-0.2, 0) is 11.3 Å². The Morgan fingerprint density at radius 3 is 3.00 bits per heavy atom. The average Bonchev–Trinajstić information content (AvgIpc) is 2.26. The van der Waals surface area contributed by atoms with E-state index in [0.29, 0.717) is 19.1 Å². The molecule has 1 aliphatic rings. The molecule has 5 nitrogen and oxygen atoms in total. The third-order valence-electron chi connectivity index (χ3n) is 2.57. The minimum atomic E-state index is 0.147. The molecule has 0 saturated carbocycles. The molecular weight excluding hydrogens is 218 g/mol. The van der Waals surface area contributed by atoms with Gasteiger partial charge in [-0.05, 0) is 19.9 Å². The van der Waals surface area contributed by atoms with Crippen molar-refractivity contribution in [2.24, 2.45) is 0 Å². The first-order valence-corrected chi connectivity index (χ1v) is 6.07. The summed E-state index contributed by atoms with van der Waals surface area (Å²) < 4.78 is 10.9. The summed E-state index contributed by atoms with van der Waals surface area (Å²) >= 11 is 0. The zero-order valence-corrected chi connectivity index (χ0v) is 10.4. The zero-order chi connectivity index (χ0) is 12.1. The topological polar surface area (TPSA) is 56.3 Å². The monoisotopic (exact) mass is 237 g/mol. The van der Waals surface area contributed by atoms with Gasteiger partial charge in [0.1, 0.15) is 11.9 Å². The Labute approximate surface area is 102 Å². The van der Waals surface area contributed by atoms with Crippen molar-refractivity contribution in [1.82, 2.24) is 15.3 Å². The summed E-state index contributed by atoms with van der Waals surface area (Å²) in [6, 6.07) is 0. The number of nitrogens with zero attached hydrogens (tertiary/aromatic N) is 2. The maximum absolute atomic E-state index is 5.78. The Morgan fingerprint density at radius 1 is 1.53 bits per heavy atom. The molecule has 1 N–H and O–H groups in total. The van der Waals surface area contributed by atoms with Gasteiger partial charge in [0.2, 0.25) is 5.88 Å². The average molecular weight is 237 g/mol. The van der Waals surface area contributed by atoms with E-state index in [4.69, 9.17) is 9.47 Å². The van der Waals surface area contributed by atoms with Gasteiger partial charge in [-0.1, -0.05) is 6.92 Å². The summed E-state index contributed by atoms with van der Waals surface area (Å²) in [6.07, 6.45) is 3.09. The molecule has 1 aliphatic heterocycles. The number of rotatable bonds is 6. The highest BCUT2D eigenvalue weighted by molar-refractivity contribution is 5.24. The van der Waals surface area contributed by atoms with Crippen molar-refractivity contribution in [3.8, 4) is 5.88 Å². The number of hydrogen-bond acceptors (Lipinski definition) is 5. The lowest BCUT2D eigenvalue weighted by molar-refractivity contribution is -0.0818. The van der Waals surface area contributed by atoms with Crippen molar-refractivity contribution in [3.05, 3.63) is 17.6 Å². The van der Waals surface area contributed by atoms with Gasteiger partial charge in [0.15, 0.2) is 0 Å². The highest BCUT2D eigenvalue weighted by Crippen LogP contribution is 2.18. The molecule has 5 heteroatoms. The minimum absolute atomic E-state index is 0.147. The smallest absolute Gasteiger partial charge is 0.221 e. The van der Waals surface area contributed by atoms with Gasteiger partial charge in [0.25, 0.3) is 0 Å². The molecule has 0 aliphatic carbocycles. The highest BCUT2D eigenvalue weighted by Gasteiger charge is 2.22. The zero-order valence-electron chi connectivity index (χ0n) is 10.4. The number of hydrogen-bond donors (Lipinski definition) is 1. The molecule has 2 rings (SSSR count). The number of aromatic nitrogens is 2. The second-order valence-corrected chi connectivity index (χ2v) is 4.20. The molecule has 0 aromatic carbocycles. The molecule has 1 saturated heterocycles. The molecule has 0 unspecified atom stereocenters. The molecule has 0 spiro atoms. The summed E-state index contributed by atoms with van der Waals surface area (Å²) in [5.41, 5.74) is 1.01. The van der Waals surface area contributed by atoms with Crippen LogP contribution in [-0.4, -0.2) is 35.8 Å². The minimum Gasteiger partial charge on any atom is -0.469 e. The summed E-state index contributed by atoms with van der Waals surface area (Å²) in [5.74, 6) is 1.42. The van der Waals surface area contributed by atoms with E-state index in [-0.39, 0.29) is 6.10 Å². The number of nitrogens with one attached hydrogen (secondary N) is 1. The molecular formula is C12H19N3O2. The second-order valence-electron chi connectivity index (χ2n) is 4.20. The molecule has 0 bridgehead atoms. The molecule has 1 aromatic heterocycles. The van der Waals surface area contributed by atoms with Crippen LogP contribution in [0.2, 0.25) is 0 Å². The lowest BCUT2D eigenvalue weighted by Gasteiger charge is -2.27. The first-order chi connectivity index (χ1) is 8.29. The fraction of sp³-hybridized carbons (Fsp3) is 0.667. The van der Waals surface area contributed by atoms with E-state index in [1.165, 1.54) is 0 Å². The van der Waals surface area contributed by atoms with E-state index in [0.717, 1.165) is 30.9 Å².